The fraction of sp³-hybridized carbons (Fsp3) is 0.300. The molecule has 1 N–H and O–H groups in total. The highest BCUT2D eigenvalue weighted by Gasteiger charge is 2.33. The summed E-state index contributed by atoms with van der Waals surface area (Å²) in [6.45, 7) is 4.70. The van der Waals surface area contributed by atoms with E-state index in [-0.39, 0.29) is 18.2 Å². The number of hydrogen-bond donors (Lipinski definition) is 1. The largest absolute Gasteiger partial charge is 0.344 e. The molecule has 1 fully saturated rings. The van der Waals surface area contributed by atoms with Crippen LogP contribution in [0.3, 0.4) is 0 Å². The second-order valence-electron chi connectivity index (χ2n) is 6.47. The molecule has 1 atom stereocenters. The second kappa shape index (κ2) is 7.28. The minimum Gasteiger partial charge on any atom is -0.344 e. The van der Waals surface area contributed by atoms with Crippen molar-refractivity contribution < 1.29 is 9.59 Å². The SMILES string of the molecule is Cc1ccc(N2CCC(NC(=O)Cc3ccc(Cl)cc3)C2=O)cc1C. The number of aryl methyl sites for hydroxylation is 2. The van der Waals surface area contributed by atoms with Gasteiger partial charge in [-0.05, 0) is 61.2 Å². The molecular weight excluding hydrogens is 336 g/mol. The molecule has 0 aromatic heterocycles. The lowest BCUT2D eigenvalue weighted by Gasteiger charge is -2.18. The van der Waals surface area contributed by atoms with Gasteiger partial charge in [0, 0.05) is 17.3 Å². The number of hydrogen-bond acceptors (Lipinski definition) is 2. The van der Waals surface area contributed by atoms with E-state index in [1.165, 1.54) is 5.56 Å². The van der Waals surface area contributed by atoms with Crippen LogP contribution in [0.1, 0.15) is 23.1 Å². The van der Waals surface area contributed by atoms with Crippen molar-refractivity contribution in [2.75, 3.05) is 11.4 Å². The Balaban J connectivity index is 1.62. The molecule has 25 heavy (non-hydrogen) atoms. The van der Waals surface area contributed by atoms with Gasteiger partial charge in [-0.2, -0.15) is 0 Å². The first-order chi connectivity index (χ1) is 11.9. The van der Waals surface area contributed by atoms with Crippen LogP contribution in [0.25, 0.3) is 0 Å². The van der Waals surface area contributed by atoms with Crippen molar-refractivity contribution in [3.8, 4) is 0 Å². The number of carbonyl (C=O) groups excluding carboxylic acids is 2. The standard InChI is InChI=1S/C20H21ClN2O2/c1-13-3-8-17(11-14(13)2)23-10-9-18(20(23)25)22-19(24)12-15-4-6-16(21)7-5-15/h3-8,11,18H,9-10,12H2,1-2H3,(H,22,24). The van der Waals surface area contributed by atoms with Crippen molar-refractivity contribution in [3.05, 3.63) is 64.2 Å². The van der Waals surface area contributed by atoms with Gasteiger partial charge < -0.3 is 10.2 Å². The molecule has 130 valence electrons. The molecule has 0 saturated carbocycles. The summed E-state index contributed by atoms with van der Waals surface area (Å²) in [6.07, 6.45) is 0.864. The van der Waals surface area contributed by atoms with Crippen LogP contribution in [0.15, 0.2) is 42.5 Å². The number of rotatable bonds is 4. The number of benzene rings is 2. The summed E-state index contributed by atoms with van der Waals surface area (Å²) in [5.41, 5.74) is 4.12. The predicted molar refractivity (Wildman–Crippen MR) is 100.0 cm³/mol. The molecule has 1 heterocycles. The van der Waals surface area contributed by atoms with E-state index in [9.17, 15) is 9.59 Å². The van der Waals surface area contributed by atoms with Gasteiger partial charge >= 0.3 is 0 Å². The van der Waals surface area contributed by atoms with Gasteiger partial charge in [-0.1, -0.05) is 29.8 Å². The second-order valence-corrected chi connectivity index (χ2v) is 6.91. The van der Waals surface area contributed by atoms with Crippen LogP contribution in [0.4, 0.5) is 5.69 Å². The summed E-state index contributed by atoms with van der Waals surface area (Å²) in [6, 6.07) is 12.7. The Labute approximate surface area is 152 Å². The van der Waals surface area contributed by atoms with E-state index in [1.807, 2.05) is 44.2 Å². The van der Waals surface area contributed by atoms with Crippen molar-refractivity contribution in [1.29, 1.82) is 0 Å². The van der Waals surface area contributed by atoms with Crippen LogP contribution in [-0.4, -0.2) is 24.4 Å². The van der Waals surface area contributed by atoms with E-state index in [4.69, 9.17) is 11.6 Å². The Kier molecular flexibility index (Phi) is 5.09. The van der Waals surface area contributed by atoms with Crippen molar-refractivity contribution in [2.24, 2.45) is 0 Å². The molecule has 0 spiro atoms. The number of nitrogens with zero attached hydrogens (tertiary/aromatic N) is 1. The van der Waals surface area contributed by atoms with E-state index in [1.54, 1.807) is 17.0 Å². The summed E-state index contributed by atoms with van der Waals surface area (Å²) in [5.74, 6) is -0.199. The number of halogens is 1. The molecule has 4 nitrogen and oxygen atoms in total. The van der Waals surface area contributed by atoms with Gasteiger partial charge in [0.1, 0.15) is 6.04 Å². The quantitative estimate of drug-likeness (QED) is 0.912. The highest BCUT2D eigenvalue weighted by molar-refractivity contribution is 6.30. The molecule has 1 aliphatic rings. The average Bonchev–Trinajstić information content (AvgIpc) is 2.93. The number of nitrogens with one attached hydrogen (secondary N) is 1. The molecule has 2 aromatic rings. The fourth-order valence-corrected chi connectivity index (χ4v) is 3.12. The Morgan fingerprint density at radius 3 is 2.56 bits per heavy atom. The topological polar surface area (TPSA) is 49.4 Å². The molecular formula is C20H21ClN2O2. The van der Waals surface area contributed by atoms with Crippen molar-refractivity contribution >= 4 is 29.1 Å². The molecule has 1 aliphatic heterocycles. The minimum atomic E-state index is -0.457. The maximum atomic E-state index is 12.6. The maximum Gasteiger partial charge on any atom is 0.249 e. The smallest absolute Gasteiger partial charge is 0.249 e. The van der Waals surface area contributed by atoms with Crippen molar-refractivity contribution in [1.82, 2.24) is 5.32 Å². The third-order valence-electron chi connectivity index (χ3n) is 4.62. The lowest BCUT2D eigenvalue weighted by atomic mass is 10.1. The number of amides is 2. The molecule has 0 bridgehead atoms. The summed E-state index contributed by atoms with van der Waals surface area (Å²) >= 11 is 5.85. The highest BCUT2D eigenvalue weighted by atomic mass is 35.5. The molecule has 3 rings (SSSR count). The predicted octanol–water partition coefficient (Wildman–Crippen LogP) is 3.42. The van der Waals surface area contributed by atoms with Gasteiger partial charge in [0.05, 0.1) is 6.42 Å². The van der Waals surface area contributed by atoms with E-state index < -0.39 is 6.04 Å². The van der Waals surface area contributed by atoms with Crippen molar-refractivity contribution in [3.63, 3.8) is 0 Å². The van der Waals surface area contributed by atoms with E-state index in [2.05, 4.69) is 5.32 Å². The van der Waals surface area contributed by atoms with Crippen LogP contribution in [0.5, 0.6) is 0 Å². The minimum absolute atomic E-state index is 0.0484. The third-order valence-corrected chi connectivity index (χ3v) is 4.87. The Bertz CT molecular complexity index is 802. The van der Waals surface area contributed by atoms with Crippen LogP contribution in [0, 0.1) is 13.8 Å². The fourth-order valence-electron chi connectivity index (χ4n) is 3.00. The molecule has 5 heteroatoms. The third kappa shape index (κ3) is 4.02. The molecule has 2 aromatic carbocycles. The van der Waals surface area contributed by atoms with Crippen LogP contribution >= 0.6 is 11.6 Å². The monoisotopic (exact) mass is 356 g/mol. The summed E-state index contributed by atoms with van der Waals surface area (Å²) in [4.78, 5) is 26.6. The zero-order chi connectivity index (χ0) is 18.0. The Morgan fingerprint density at radius 2 is 1.88 bits per heavy atom. The highest BCUT2D eigenvalue weighted by Crippen LogP contribution is 2.24. The van der Waals surface area contributed by atoms with Gasteiger partial charge in [0.2, 0.25) is 11.8 Å². The molecule has 1 saturated heterocycles. The van der Waals surface area contributed by atoms with Gasteiger partial charge in [-0.25, -0.2) is 0 Å². The van der Waals surface area contributed by atoms with Gasteiger partial charge in [-0.3, -0.25) is 9.59 Å². The molecule has 0 radical (unpaired) electrons. The molecule has 2 amide bonds. The number of anilines is 1. The van der Waals surface area contributed by atoms with Crippen LogP contribution < -0.4 is 10.2 Å². The first-order valence-corrected chi connectivity index (χ1v) is 8.74. The Morgan fingerprint density at radius 1 is 1.16 bits per heavy atom. The first-order valence-electron chi connectivity index (χ1n) is 8.36. The average molecular weight is 357 g/mol. The summed E-state index contributed by atoms with van der Waals surface area (Å²) in [7, 11) is 0. The van der Waals surface area contributed by atoms with E-state index >= 15 is 0 Å². The zero-order valence-corrected chi connectivity index (χ0v) is 15.1. The summed E-state index contributed by atoms with van der Waals surface area (Å²) in [5, 5.41) is 3.49. The van der Waals surface area contributed by atoms with Gasteiger partial charge in [0.15, 0.2) is 0 Å². The maximum absolute atomic E-state index is 12.6. The van der Waals surface area contributed by atoms with E-state index in [0.717, 1.165) is 16.8 Å². The zero-order valence-electron chi connectivity index (χ0n) is 14.4. The van der Waals surface area contributed by atoms with Gasteiger partial charge in [-0.15, -0.1) is 0 Å². The number of carbonyl (C=O) groups is 2. The van der Waals surface area contributed by atoms with Gasteiger partial charge in [0.25, 0.3) is 0 Å². The summed E-state index contributed by atoms with van der Waals surface area (Å²) < 4.78 is 0. The lowest BCUT2D eigenvalue weighted by molar-refractivity contribution is -0.126. The Hall–Kier alpha value is -2.33. The first kappa shape index (κ1) is 17.5. The van der Waals surface area contributed by atoms with Crippen LogP contribution in [0.2, 0.25) is 5.02 Å². The van der Waals surface area contributed by atoms with Crippen LogP contribution in [-0.2, 0) is 16.0 Å². The molecule has 1 unspecified atom stereocenters. The lowest BCUT2D eigenvalue weighted by Crippen LogP contribution is -2.42. The molecule has 0 aliphatic carbocycles. The van der Waals surface area contributed by atoms with E-state index in [0.29, 0.717) is 18.0 Å². The normalized spacial score (nSPS) is 17.0. The van der Waals surface area contributed by atoms with Crippen molar-refractivity contribution in [2.45, 2.75) is 32.7 Å².